The van der Waals surface area contributed by atoms with Crippen molar-refractivity contribution in [3.05, 3.63) is 59.8 Å². The third-order valence-electron chi connectivity index (χ3n) is 4.55. The molecule has 1 aromatic heterocycles. The number of fused-ring (bicyclic) bond motifs is 1. The van der Waals surface area contributed by atoms with Crippen molar-refractivity contribution in [3.8, 4) is 11.5 Å². The van der Waals surface area contributed by atoms with Crippen molar-refractivity contribution in [2.75, 3.05) is 19.8 Å². The number of nitrogens with zero attached hydrogens (tertiary/aromatic N) is 1. The summed E-state index contributed by atoms with van der Waals surface area (Å²) in [5.74, 6) is 0.867. The van der Waals surface area contributed by atoms with Crippen LogP contribution >= 0.6 is 0 Å². The maximum absolute atomic E-state index is 12.6. The van der Waals surface area contributed by atoms with E-state index in [1.54, 1.807) is 18.2 Å². The first-order valence-corrected chi connectivity index (χ1v) is 9.45. The van der Waals surface area contributed by atoms with Gasteiger partial charge in [0.2, 0.25) is 0 Å². The summed E-state index contributed by atoms with van der Waals surface area (Å²) in [6, 6.07) is 12.9. The van der Waals surface area contributed by atoms with Crippen molar-refractivity contribution in [3.63, 3.8) is 0 Å². The number of carbonyl (C=O) groups is 1. The molecule has 0 aliphatic carbocycles. The molecule has 6 nitrogen and oxygen atoms in total. The highest BCUT2D eigenvalue weighted by atomic mass is 16.5. The second kappa shape index (κ2) is 8.80. The molecular formula is C22H26N2O4. The monoisotopic (exact) mass is 382 g/mol. The molecule has 0 aliphatic heterocycles. The molecule has 0 bridgehead atoms. The topological polar surface area (TPSA) is 72.7 Å². The molecule has 1 unspecified atom stereocenters. The molecule has 2 aromatic carbocycles. The normalized spacial score (nSPS) is 12.0. The molecule has 2 N–H and O–H groups in total. The predicted octanol–water partition coefficient (Wildman–Crippen LogP) is 3.44. The van der Waals surface area contributed by atoms with E-state index in [4.69, 9.17) is 9.47 Å². The van der Waals surface area contributed by atoms with Crippen molar-refractivity contribution >= 4 is 16.8 Å². The minimum Gasteiger partial charge on any atom is -0.490 e. The van der Waals surface area contributed by atoms with E-state index >= 15 is 0 Å². The number of aromatic nitrogens is 1. The minimum atomic E-state index is -0.802. The molecule has 1 atom stereocenters. The number of nitrogens with one attached hydrogen (secondary N) is 1. The summed E-state index contributed by atoms with van der Waals surface area (Å²) in [5.41, 5.74) is 2.29. The summed E-state index contributed by atoms with van der Waals surface area (Å²) in [4.78, 5) is 12.6. The molecular weight excluding hydrogens is 356 g/mol. The first-order chi connectivity index (χ1) is 13.5. The number of rotatable bonds is 8. The Labute approximate surface area is 164 Å². The zero-order valence-corrected chi connectivity index (χ0v) is 16.4. The van der Waals surface area contributed by atoms with Crippen LogP contribution in [0, 0.1) is 0 Å². The third kappa shape index (κ3) is 4.12. The molecule has 0 radical (unpaired) electrons. The lowest BCUT2D eigenvalue weighted by molar-refractivity contribution is 0.0916. The highest BCUT2D eigenvalue weighted by Crippen LogP contribution is 2.29. The maximum Gasteiger partial charge on any atom is 0.251 e. The van der Waals surface area contributed by atoms with Crippen molar-refractivity contribution in [2.24, 2.45) is 7.05 Å². The van der Waals surface area contributed by atoms with Gasteiger partial charge in [0.15, 0.2) is 11.5 Å². The molecule has 3 aromatic rings. The number of aliphatic hydroxyl groups excluding tert-OH is 1. The Bertz CT molecular complexity index is 964. The van der Waals surface area contributed by atoms with Crippen LogP contribution in [0.15, 0.2) is 48.7 Å². The Hall–Kier alpha value is -2.99. The van der Waals surface area contributed by atoms with Gasteiger partial charge in [0, 0.05) is 41.8 Å². The molecule has 28 heavy (non-hydrogen) atoms. The van der Waals surface area contributed by atoms with Crippen LogP contribution in [-0.4, -0.2) is 35.3 Å². The van der Waals surface area contributed by atoms with Crippen LogP contribution in [-0.2, 0) is 7.05 Å². The van der Waals surface area contributed by atoms with Crippen molar-refractivity contribution in [1.29, 1.82) is 0 Å². The van der Waals surface area contributed by atoms with Gasteiger partial charge in [0.05, 0.1) is 19.3 Å². The summed E-state index contributed by atoms with van der Waals surface area (Å²) in [7, 11) is 1.94. The Morgan fingerprint density at radius 2 is 1.82 bits per heavy atom. The minimum absolute atomic E-state index is 0.115. The lowest BCUT2D eigenvalue weighted by Gasteiger charge is -2.14. The zero-order valence-electron chi connectivity index (χ0n) is 16.4. The Morgan fingerprint density at radius 3 is 2.57 bits per heavy atom. The Kier molecular flexibility index (Phi) is 6.21. The third-order valence-corrected chi connectivity index (χ3v) is 4.55. The number of ether oxygens (including phenoxy) is 2. The first-order valence-electron chi connectivity index (χ1n) is 9.45. The van der Waals surface area contributed by atoms with Crippen molar-refractivity contribution < 1.29 is 19.4 Å². The smallest absolute Gasteiger partial charge is 0.251 e. The molecule has 0 saturated heterocycles. The van der Waals surface area contributed by atoms with Crippen LogP contribution in [0.4, 0.5) is 0 Å². The molecule has 0 spiro atoms. The largest absolute Gasteiger partial charge is 0.490 e. The summed E-state index contributed by atoms with van der Waals surface area (Å²) in [6.07, 6.45) is 1.09. The SMILES string of the molecule is CCOc1ccc(C(=O)NCC(O)c2cn(C)c3ccccc23)cc1OCC. The number of aryl methyl sites for hydroxylation is 1. The second-order valence-electron chi connectivity index (χ2n) is 6.47. The van der Waals surface area contributed by atoms with Crippen LogP contribution in [0.2, 0.25) is 0 Å². The first kappa shape index (κ1) is 19.8. The van der Waals surface area contributed by atoms with Crippen LogP contribution in [0.5, 0.6) is 11.5 Å². The summed E-state index contributed by atoms with van der Waals surface area (Å²) < 4.78 is 13.1. The number of para-hydroxylation sites is 1. The quantitative estimate of drug-likeness (QED) is 0.626. The van der Waals surface area contributed by atoms with Gasteiger partial charge >= 0.3 is 0 Å². The van der Waals surface area contributed by atoms with Crippen LogP contribution in [0.3, 0.4) is 0 Å². The molecule has 1 heterocycles. The fourth-order valence-corrected chi connectivity index (χ4v) is 3.23. The number of carbonyl (C=O) groups excluding carboxylic acids is 1. The summed E-state index contributed by atoms with van der Waals surface area (Å²) >= 11 is 0. The van der Waals surface area contributed by atoms with Gasteiger partial charge in [-0.1, -0.05) is 18.2 Å². The highest BCUT2D eigenvalue weighted by Gasteiger charge is 2.17. The average Bonchev–Trinajstić information content (AvgIpc) is 3.04. The van der Waals surface area contributed by atoms with Crippen molar-refractivity contribution in [2.45, 2.75) is 20.0 Å². The molecule has 0 aliphatic rings. The number of hydrogen-bond acceptors (Lipinski definition) is 4. The number of hydrogen-bond donors (Lipinski definition) is 2. The molecule has 3 rings (SSSR count). The van der Waals surface area contributed by atoms with E-state index in [2.05, 4.69) is 5.32 Å². The standard InChI is InChI=1S/C22H26N2O4/c1-4-27-20-11-10-15(12-21(20)28-5-2)22(26)23-13-19(25)17-14-24(3)18-9-7-6-8-16(17)18/h6-12,14,19,25H,4-5,13H2,1-3H3,(H,23,26). The van der Waals surface area contributed by atoms with Gasteiger partial charge in [-0.3, -0.25) is 4.79 Å². The maximum atomic E-state index is 12.6. The summed E-state index contributed by atoms with van der Waals surface area (Å²) in [6.45, 7) is 4.88. The van der Waals surface area contributed by atoms with E-state index in [1.165, 1.54) is 0 Å². The Morgan fingerprint density at radius 1 is 1.11 bits per heavy atom. The molecule has 148 valence electrons. The fourth-order valence-electron chi connectivity index (χ4n) is 3.23. The second-order valence-corrected chi connectivity index (χ2v) is 6.47. The number of benzene rings is 2. The van der Waals surface area contributed by atoms with Crippen LogP contribution < -0.4 is 14.8 Å². The fraction of sp³-hybridized carbons (Fsp3) is 0.318. The molecule has 0 saturated carbocycles. The highest BCUT2D eigenvalue weighted by molar-refractivity contribution is 5.95. The number of amides is 1. The predicted molar refractivity (Wildman–Crippen MR) is 109 cm³/mol. The lowest BCUT2D eigenvalue weighted by atomic mass is 10.1. The van der Waals surface area contributed by atoms with Gasteiger partial charge < -0.3 is 24.5 Å². The van der Waals surface area contributed by atoms with E-state index in [0.29, 0.717) is 30.3 Å². The van der Waals surface area contributed by atoms with Gasteiger partial charge in [-0.25, -0.2) is 0 Å². The van der Waals surface area contributed by atoms with Gasteiger partial charge in [0.1, 0.15) is 0 Å². The van der Waals surface area contributed by atoms with E-state index in [-0.39, 0.29) is 12.5 Å². The van der Waals surface area contributed by atoms with Crippen LogP contribution in [0.25, 0.3) is 10.9 Å². The lowest BCUT2D eigenvalue weighted by Crippen LogP contribution is -2.28. The summed E-state index contributed by atoms with van der Waals surface area (Å²) in [5, 5.41) is 14.4. The van der Waals surface area contributed by atoms with Gasteiger partial charge in [-0.15, -0.1) is 0 Å². The van der Waals surface area contributed by atoms with Gasteiger partial charge in [-0.05, 0) is 38.1 Å². The van der Waals surface area contributed by atoms with E-state index in [9.17, 15) is 9.90 Å². The molecule has 6 heteroatoms. The average molecular weight is 382 g/mol. The van der Waals surface area contributed by atoms with Crippen molar-refractivity contribution in [1.82, 2.24) is 9.88 Å². The van der Waals surface area contributed by atoms with Gasteiger partial charge in [-0.2, -0.15) is 0 Å². The number of aliphatic hydroxyl groups is 1. The zero-order chi connectivity index (χ0) is 20.1. The Balaban J connectivity index is 1.71. The van der Waals surface area contributed by atoms with E-state index in [0.717, 1.165) is 16.5 Å². The van der Waals surface area contributed by atoms with E-state index in [1.807, 2.05) is 55.9 Å². The van der Waals surface area contributed by atoms with Gasteiger partial charge in [0.25, 0.3) is 5.91 Å². The van der Waals surface area contributed by atoms with E-state index < -0.39 is 6.10 Å². The molecule has 0 fully saturated rings. The molecule has 1 amide bonds. The van der Waals surface area contributed by atoms with Crippen LogP contribution in [0.1, 0.15) is 35.9 Å².